The van der Waals surface area contributed by atoms with Crippen molar-refractivity contribution in [2.24, 2.45) is 0 Å². The number of hydrogen-bond acceptors (Lipinski definition) is 7. The maximum absolute atomic E-state index is 12.8. The Morgan fingerprint density at radius 2 is 1.82 bits per heavy atom. The highest BCUT2D eigenvalue weighted by atomic mass is 16.5. The third kappa shape index (κ3) is 5.19. The van der Waals surface area contributed by atoms with Crippen molar-refractivity contribution in [1.29, 1.82) is 0 Å². The lowest BCUT2D eigenvalue weighted by Crippen LogP contribution is -2.13. The predicted molar refractivity (Wildman–Crippen MR) is 126 cm³/mol. The van der Waals surface area contributed by atoms with Crippen LogP contribution in [0.15, 0.2) is 79.3 Å². The second kappa shape index (κ2) is 9.69. The summed E-state index contributed by atoms with van der Waals surface area (Å²) in [5.74, 6) is 0.476. The van der Waals surface area contributed by atoms with Gasteiger partial charge in [0.2, 0.25) is 5.95 Å². The Kier molecular flexibility index (Phi) is 6.36. The molecule has 0 fully saturated rings. The molecule has 1 amide bonds. The van der Waals surface area contributed by atoms with Crippen molar-refractivity contribution in [2.45, 2.75) is 6.92 Å². The summed E-state index contributed by atoms with van der Waals surface area (Å²) in [6.07, 6.45) is 5.06. The molecule has 0 spiro atoms. The summed E-state index contributed by atoms with van der Waals surface area (Å²) < 4.78 is 5.43. The molecular formula is C25H21N5O3. The molecule has 164 valence electrons. The fourth-order valence-corrected chi connectivity index (χ4v) is 3.18. The first-order valence-corrected chi connectivity index (χ1v) is 10.1. The molecule has 0 aliphatic rings. The van der Waals surface area contributed by atoms with Crippen LogP contribution in [0, 0.1) is 0 Å². The number of carbonyl (C=O) groups is 2. The molecule has 8 nitrogen and oxygen atoms in total. The second-order valence-electron chi connectivity index (χ2n) is 7.14. The van der Waals surface area contributed by atoms with Crippen molar-refractivity contribution in [3.63, 3.8) is 0 Å². The van der Waals surface area contributed by atoms with E-state index in [1.807, 2.05) is 12.1 Å². The summed E-state index contributed by atoms with van der Waals surface area (Å²) >= 11 is 0. The number of anilines is 3. The van der Waals surface area contributed by atoms with Crippen LogP contribution in [0.2, 0.25) is 0 Å². The number of rotatable bonds is 7. The average molecular weight is 439 g/mol. The lowest BCUT2D eigenvalue weighted by atomic mass is 10.1. The van der Waals surface area contributed by atoms with Gasteiger partial charge in [0.15, 0.2) is 5.78 Å². The molecule has 2 N–H and O–H groups in total. The van der Waals surface area contributed by atoms with Crippen LogP contribution in [0.25, 0.3) is 11.3 Å². The van der Waals surface area contributed by atoms with Crippen LogP contribution in [-0.4, -0.2) is 33.8 Å². The molecule has 0 unspecified atom stereocenters. The predicted octanol–water partition coefficient (Wildman–Crippen LogP) is 4.75. The molecular weight excluding hydrogens is 418 g/mol. The Morgan fingerprint density at radius 3 is 2.58 bits per heavy atom. The zero-order valence-electron chi connectivity index (χ0n) is 18.1. The van der Waals surface area contributed by atoms with Gasteiger partial charge < -0.3 is 15.4 Å². The molecule has 2 aromatic carbocycles. The highest BCUT2D eigenvalue weighted by Crippen LogP contribution is 2.29. The third-order valence-corrected chi connectivity index (χ3v) is 4.85. The van der Waals surface area contributed by atoms with E-state index in [0.29, 0.717) is 39.9 Å². The molecule has 0 bridgehead atoms. The number of ether oxygens (including phenoxy) is 1. The highest BCUT2D eigenvalue weighted by Gasteiger charge is 2.13. The van der Waals surface area contributed by atoms with Gasteiger partial charge in [0, 0.05) is 41.0 Å². The molecule has 0 aliphatic heterocycles. The minimum absolute atomic E-state index is 0.0736. The molecule has 0 radical (unpaired) electrons. The lowest BCUT2D eigenvalue weighted by Gasteiger charge is -2.13. The standard InChI is InChI=1S/C25H21N5O3/c1-16(31)17-5-3-7-20(13-17)28-24(32)18-8-9-23(33-2)22(14-18)30-25-27-12-10-21(29-25)19-6-4-11-26-15-19/h3-15H,1-2H3,(H,28,32)(H,27,29,30). The minimum Gasteiger partial charge on any atom is -0.495 e. The minimum atomic E-state index is -0.327. The van der Waals surface area contributed by atoms with Crippen LogP contribution in [0.5, 0.6) is 5.75 Å². The van der Waals surface area contributed by atoms with E-state index >= 15 is 0 Å². The van der Waals surface area contributed by atoms with Crippen LogP contribution in [-0.2, 0) is 0 Å². The van der Waals surface area contributed by atoms with E-state index in [9.17, 15) is 9.59 Å². The van der Waals surface area contributed by atoms with E-state index in [1.165, 1.54) is 6.92 Å². The highest BCUT2D eigenvalue weighted by molar-refractivity contribution is 6.06. The first-order chi connectivity index (χ1) is 16.0. The van der Waals surface area contributed by atoms with Crippen molar-refractivity contribution in [2.75, 3.05) is 17.7 Å². The van der Waals surface area contributed by atoms with Gasteiger partial charge >= 0.3 is 0 Å². The van der Waals surface area contributed by atoms with Crippen molar-refractivity contribution in [3.05, 3.63) is 90.4 Å². The monoisotopic (exact) mass is 439 g/mol. The molecule has 8 heteroatoms. The number of amides is 1. The van der Waals surface area contributed by atoms with Crippen LogP contribution >= 0.6 is 0 Å². The summed E-state index contributed by atoms with van der Waals surface area (Å²) in [5, 5.41) is 5.94. The zero-order valence-corrected chi connectivity index (χ0v) is 18.1. The average Bonchev–Trinajstić information content (AvgIpc) is 2.85. The summed E-state index contributed by atoms with van der Waals surface area (Å²) in [6, 6.07) is 17.3. The molecule has 2 heterocycles. The van der Waals surface area contributed by atoms with E-state index in [-0.39, 0.29) is 11.7 Å². The largest absolute Gasteiger partial charge is 0.495 e. The lowest BCUT2D eigenvalue weighted by molar-refractivity contribution is 0.101. The van der Waals surface area contributed by atoms with Crippen molar-refractivity contribution in [1.82, 2.24) is 15.0 Å². The zero-order chi connectivity index (χ0) is 23.2. The summed E-state index contributed by atoms with van der Waals surface area (Å²) in [6.45, 7) is 1.48. The van der Waals surface area contributed by atoms with E-state index in [2.05, 4.69) is 25.6 Å². The molecule has 0 atom stereocenters. The number of carbonyl (C=O) groups excluding carboxylic acids is 2. The van der Waals surface area contributed by atoms with Gasteiger partial charge in [-0.1, -0.05) is 12.1 Å². The number of nitrogens with zero attached hydrogens (tertiary/aromatic N) is 3. The van der Waals surface area contributed by atoms with Gasteiger partial charge in [0.05, 0.1) is 18.5 Å². The maximum Gasteiger partial charge on any atom is 0.255 e. The van der Waals surface area contributed by atoms with Crippen LogP contribution < -0.4 is 15.4 Å². The van der Waals surface area contributed by atoms with Crippen LogP contribution in [0.1, 0.15) is 27.6 Å². The van der Waals surface area contributed by atoms with Crippen LogP contribution in [0.4, 0.5) is 17.3 Å². The SMILES string of the molecule is COc1ccc(C(=O)Nc2cccc(C(C)=O)c2)cc1Nc1nccc(-c2cccnc2)n1. The fourth-order valence-electron chi connectivity index (χ4n) is 3.18. The second-order valence-corrected chi connectivity index (χ2v) is 7.14. The van der Waals surface area contributed by atoms with E-state index in [0.717, 1.165) is 5.56 Å². The molecule has 0 saturated heterocycles. The number of methoxy groups -OCH3 is 1. The van der Waals surface area contributed by atoms with E-state index in [4.69, 9.17) is 4.74 Å². The Morgan fingerprint density at radius 1 is 0.939 bits per heavy atom. The topological polar surface area (TPSA) is 106 Å². The first-order valence-electron chi connectivity index (χ1n) is 10.1. The Bertz CT molecular complexity index is 1310. The van der Waals surface area contributed by atoms with Gasteiger partial charge in [-0.05, 0) is 55.5 Å². The normalized spacial score (nSPS) is 10.4. The van der Waals surface area contributed by atoms with E-state index < -0.39 is 0 Å². The molecule has 4 aromatic rings. The van der Waals surface area contributed by atoms with Crippen molar-refractivity contribution < 1.29 is 14.3 Å². The summed E-state index contributed by atoms with van der Waals surface area (Å²) in [5.41, 5.74) is 3.55. The number of pyridine rings is 1. The van der Waals surface area contributed by atoms with Gasteiger partial charge in [0.25, 0.3) is 5.91 Å². The Labute approximate surface area is 190 Å². The van der Waals surface area contributed by atoms with Crippen LogP contribution in [0.3, 0.4) is 0 Å². The molecule has 0 saturated carbocycles. The number of benzene rings is 2. The Balaban J connectivity index is 1.58. The maximum atomic E-state index is 12.8. The summed E-state index contributed by atoms with van der Waals surface area (Å²) in [4.78, 5) is 37.4. The Hall–Kier alpha value is -4.59. The fraction of sp³-hybridized carbons (Fsp3) is 0.0800. The summed E-state index contributed by atoms with van der Waals surface area (Å²) in [7, 11) is 1.54. The van der Waals surface area contributed by atoms with Crippen molar-refractivity contribution in [3.8, 4) is 17.0 Å². The van der Waals surface area contributed by atoms with Gasteiger partial charge in [-0.2, -0.15) is 0 Å². The number of Topliss-reactive ketones (excluding diaryl/α,β-unsaturated/α-hetero) is 1. The smallest absolute Gasteiger partial charge is 0.255 e. The van der Waals surface area contributed by atoms with E-state index in [1.54, 1.807) is 74.2 Å². The number of ketones is 1. The molecule has 2 aromatic heterocycles. The van der Waals surface area contributed by atoms with Gasteiger partial charge in [0.1, 0.15) is 5.75 Å². The van der Waals surface area contributed by atoms with Crippen molar-refractivity contribution >= 4 is 29.0 Å². The number of nitrogens with one attached hydrogen (secondary N) is 2. The quantitative estimate of drug-likeness (QED) is 0.400. The van der Waals surface area contributed by atoms with Gasteiger partial charge in [-0.15, -0.1) is 0 Å². The first kappa shape index (κ1) is 21.6. The van der Waals surface area contributed by atoms with Gasteiger partial charge in [-0.3, -0.25) is 14.6 Å². The number of hydrogen-bond donors (Lipinski definition) is 2. The molecule has 0 aliphatic carbocycles. The number of aromatic nitrogens is 3. The molecule has 33 heavy (non-hydrogen) atoms. The third-order valence-electron chi connectivity index (χ3n) is 4.85. The molecule has 4 rings (SSSR count). The van der Waals surface area contributed by atoms with Gasteiger partial charge in [-0.25, -0.2) is 9.97 Å².